The minimum atomic E-state index is -2.98. The Morgan fingerprint density at radius 2 is 1.85 bits per heavy atom. The van der Waals surface area contributed by atoms with Gasteiger partial charge in [-0.05, 0) is 42.7 Å². The van der Waals surface area contributed by atoms with Gasteiger partial charge in [0, 0.05) is 16.8 Å². The van der Waals surface area contributed by atoms with Crippen LogP contribution in [0.25, 0.3) is 0 Å². The molecule has 0 aliphatic heterocycles. The maximum Gasteiger partial charge on any atom is 0.387 e. The molecule has 1 amide bonds. The van der Waals surface area contributed by atoms with Crippen molar-refractivity contribution < 1.29 is 23.0 Å². The van der Waals surface area contributed by atoms with E-state index in [1.807, 2.05) is 12.1 Å². The van der Waals surface area contributed by atoms with Crippen LogP contribution in [0.1, 0.15) is 24.8 Å². The smallest absolute Gasteiger partial charge is 0.387 e. The SMILES string of the molecule is COc1ccc(NC(=O)C2(c3ccc(Cl)cc3)CCC2)cc1OC(F)F. The number of anilines is 1. The zero-order chi connectivity index (χ0) is 18.7. The summed E-state index contributed by atoms with van der Waals surface area (Å²) in [5.41, 5.74) is 0.628. The first-order valence-corrected chi connectivity index (χ1v) is 8.53. The van der Waals surface area contributed by atoms with Gasteiger partial charge in [0.25, 0.3) is 0 Å². The van der Waals surface area contributed by atoms with E-state index < -0.39 is 12.0 Å². The Kier molecular flexibility index (Phi) is 5.32. The monoisotopic (exact) mass is 381 g/mol. The highest BCUT2D eigenvalue weighted by Gasteiger charge is 2.45. The van der Waals surface area contributed by atoms with Crippen molar-refractivity contribution in [3.63, 3.8) is 0 Å². The number of carbonyl (C=O) groups excluding carboxylic acids is 1. The summed E-state index contributed by atoms with van der Waals surface area (Å²) in [6.07, 6.45) is 2.38. The van der Waals surface area contributed by atoms with E-state index in [-0.39, 0.29) is 17.4 Å². The van der Waals surface area contributed by atoms with Crippen LogP contribution in [0.4, 0.5) is 14.5 Å². The molecule has 0 aromatic heterocycles. The van der Waals surface area contributed by atoms with Crippen molar-refractivity contribution in [2.45, 2.75) is 31.3 Å². The number of hydrogen-bond donors (Lipinski definition) is 1. The summed E-state index contributed by atoms with van der Waals surface area (Å²) < 4.78 is 34.6. The molecule has 0 radical (unpaired) electrons. The Hall–Kier alpha value is -2.34. The van der Waals surface area contributed by atoms with Crippen LogP contribution in [0, 0.1) is 0 Å². The van der Waals surface area contributed by atoms with Gasteiger partial charge in [0.05, 0.1) is 12.5 Å². The number of alkyl halides is 2. The summed E-state index contributed by atoms with van der Waals surface area (Å²) in [5, 5.41) is 3.41. The quantitative estimate of drug-likeness (QED) is 0.765. The Morgan fingerprint density at radius 3 is 2.38 bits per heavy atom. The van der Waals surface area contributed by atoms with Crippen LogP contribution in [0.3, 0.4) is 0 Å². The molecule has 0 unspecified atom stereocenters. The predicted molar refractivity (Wildman–Crippen MR) is 95.2 cm³/mol. The number of hydrogen-bond acceptors (Lipinski definition) is 3. The third-order valence-corrected chi connectivity index (χ3v) is 4.93. The number of rotatable bonds is 6. The van der Waals surface area contributed by atoms with Crippen LogP contribution in [-0.2, 0) is 10.2 Å². The van der Waals surface area contributed by atoms with Gasteiger partial charge >= 0.3 is 6.61 Å². The minimum Gasteiger partial charge on any atom is -0.493 e. The maximum atomic E-state index is 12.9. The fraction of sp³-hybridized carbons (Fsp3) is 0.316. The Bertz CT molecular complexity index is 792. The van der Waals surface area contributed by atoms with Gasteiger partial charge in [-0.25, -0.2) is 0 Å². The molecule has 4 nitrogen and oxygen atoms in total. The molecule has 26 heavy (non-hydrogen) atoms. The standard InChI is InChI=1S/C19H18ClF2NO3/c1-25-15-8-7-14(11-16(15)26-18(21)22)23-17(24)19(9-2-10-19)12-3-5-13(20)6-4-12/h3-8,11,18H,2,9-10H2,1H3,(H,23,24). The van der Waals surface area contributed by atoms with E-state index in [1.54, 1.807) is 18.2 Å². The van der Waals surface area contributed by atoms with Crippen molar-refractivity contribution in [2.75, 3.05) is 12.4 Å². The molecule has 1 aliphatic rings. The molecule has 0 atom stereocenters. The molecule has 7 heteroatoms. The minimum absolute atomic E-state index is 0.130. The van der Waals surface area contributed by atoms with Crippen molar-refractivity contribution in [3.8, 4) is 11.5 Å². The van der Waals surface area contributed by atoms with Gasteiger partial charge < -0.3 is 14.8 Å². The largest absolute Gasteiger partial charge is 0.493 e. The highest BCUT2D eigenvalue weighted by molar-refractivity contribution is 6.30. The topological polar surface area (TPSA) is 47.6 Å². The van der Waals surface area contributed by atoms with Crippen LogP contribution in [-0.4, -0.2) is 19.6 Å². The Morgan fingerprint density at radius 1 is 1.15 bits per heavy atom. The molecule has 1 N–H and O–H groups in total. The summed E-state index contributed by atoms with van der Waals surface area (Å²) in [5.74, 6) is -0.145. The summed E-state index contributed by atoms with van der Waals surface area (Å²) in [6, 6.07) is 11.6. The van der Waals surface area contributed by atoms with E-state index in [9.17, 15) is 13.6 Å². The first-order chi connectivity index (χ1) is 12.4. The van der Waals surface area contributed by atoms with Crippen molar-refractivity contribution in [1.29, 1.82) is 0 Å². The van der Waals surface area contributed by atoms with Crippen molar-refractivity contribution in [2.24, 2.45) is 0 Å². The average molecular weight is 382 g/mol. The Labute approximate surface area is 155 Å². The number of benzene rings is 2. The van der Waals surface area contributed by atoms with Crippen molar-refractivity contribution in [1.82, 2.24) is 0 Å². The van der Waals surface area contributed by atoms with Gasteiger partial charge in [-0.15, -0.1) is 0 Å². The molecule has 1 aliphatic carbocycles. The van der Waals surface area contributed by atoms with E-state index in [1.165, 1.54) is 19.2 Å². The summed E-state index contributed by atoms with van der Waals surface area (Å²) in [4.78, 5) is 12.9. The zero-order valence-electron chi connectivity index (χ0n) is 14.1. The number of halogens is 3. The molecule has 0 spiro atoms. The third kappa shape index (κ3) is 3.60. The highest BCUT2D eigenvalue weighted by atomic mass is 35.5. The Balaban J connectivity index is 1.83. The zero-order valence-corrected chi connectivity index (χ0v) is 14.9. The molecule has 3 rings (SSSR count). The summed E-state index contributed by atoms with van der Waals surface area (Å²) in [6.45, 7) is -2.98. The second-order valence-electron chi connectivity index (χ2n) is 6.14. The second kappa shape index (κ2) is 7.50. The van der Waals surface area contributed by atoms with Gasteiger partial charge in [0.15, 0.2) is 11.5 Å². The van der Waals surface area contributed by atoms with E-state index in [2.05, 4.69) is 10.1 Å². The lowest BCUT2D eigenvalue weighted by Crippen LogP contribution is -2.46. The number of ether oxygens (including phenoxy) is 2. The van der Waals surface area contributed by atoms with Crippen LogP contribution in [0.2, 0.25) is 5.02 Å². The van der Waals surface area contributed by atoms with E-state index >= 15 is 0 Å². The number of nitrogens with one attached hydrogen (secondary N) is 1. The molecule has 0 heterocycles. The average Bonchev–Trinajstić information content (AvgIpc) is 2.55. The van der Waals surface area contributed by atoms with Crippen molar-refractivity contribution in [3.05, 3.63) is 53.1 Å². The normalized spacial score (nSPS) is 15.3. The van der Waals surface area contributed by atoms with Gasteiger partial charge in [0.2, 0.25) is 5.91 Å². The molecular formula is C19H18ClF2NO3. The molecule has 0 bridgehead atoms. The lowest BCUT2D eigenvalue weighted by atomic mass is 9.64. The van der Waals surface area contributed by atoms with Crippen LogP contribution in [0.5, 0.6) is 11.5 Å². The highest BCUT2D eigenvalue weighted by Crippen LogP contribution is 2.45. The molecular weight excluding hydrogens is 364 g/mol. The fourth-order valence-corrected chi connectivity index (χ4v) is 3.27. The molecule has 0 saturated heterocycles. The van der Waals surface area contributed by atoms with Crippen LogP contribution < -0.4 is 14.8 Å². The molecule has 2 aromatic carbocycles. The van der Waals surface area contributed by atoms with Gasteiger partial charge in [-0.2, -0.15) is 8.78 Å². The number of amides is 1. The van der Waals surface area contributed by atoms with E-state index in [4.69, 9.17) is 16.3 Å². The lowest BCUT2D eigenvalue weighted by Gasteiger charge is -2.40. The number of methoxy groups -OCH3 is 1. The first kappa shape index (κ1) is 18.5. The van der Waals surface area contributed by atoms with Crippen molar-refractivity contribution >= 4 is 23.2 Å². The predicted octanol–water partition coefficient (Wildman–Crippen LogP) is 5.01. The fourth-order valence-electron chi connectivity index (χ4n) is 3.14. The first-order valence-electron chi connectivity index (χ1n) is 8.15. The van der Waals surface area contributed by atoms with Gasteiger partial charge in [0.1, 0.15) is 0 Å². The van der Waals surface area contributed by atoms with E-state index in [0.717, 1.165) is 24.8 Å². The summed E-state index contributed by atoms with van der Waals surface area (Å²) >= 11 is 5.93. The van der Waals surface area contributed by atoms with Gasteiger partial charge in [-0.3, -0.25) is 4.79 Å². The molecule has 138 valence electrons. The molecule has 1 fully saturated rings. The third-order valence-electron chi connectivity index (χ3n) is 4.68. The summed E-state index contributed by atoms with van der Waals surface area (Å²) in [7, 11) is 1.36. The maximum absolute atomic E-state index is 12.9. The molecule has 1 saturated carbocycles. The lowest BCUT2D eigenvalue weighted by molar-refractivity contribution is -0.124. The van der Waals surface area contributed by atoms with E-state index in [0.29, 0.717) is 10.7 Å². The number of carbonyl (C=O) groups is 1. The second-order valence-corrected chi connectivity index (χ2v) is 6.58. The van der Waals surface area contributed by atoms with Crippen LogP contribution >= 0.6 is 11.6 Å². The van der Waals surface area contributed by atoms with Gasteiger partial charge in [-0.1, -0.05) is 30.2 Å². The van der Waals surface area contributed by atoms with Crippen LogP contribution in [0.15, 0.2) is 42.5 Å². The molecule has 2 aromatic rings.